The number of amides is 1. The van der Waals surface area contributed by atoms with Crippen molar-refractivity contribution in [2.75, 3.05) is 18.4 Å². The van der Waals surface area contributed by atoms with Gasteiger partial charge in [-0.25, -0.2) is 0 Å². The number of aromatic nitrogens is 1. The molecule has 1 unspecified atom stereocenters. The molecule has 1 amide bonds. The third-order valence-corrected chi connectivity index (χ3v) is 7.99. The lowest BCUT2D eigenvalue weighted by atomic mass is 9.80. The van der Waals surface area contributed by atoms with E-state index in [1.807, 2.05) is 32.9 Å². The average Bonchev–Trinajstić information content (AvgIpc) is 2.74. The van der Waals surface area contributed by atoms with Gasteiger partial charge in [-0.15, -0.1) is 0 Å². The van der Waals surface area contributed by atoms with E-state index >= 15 is 0 Å². The Bertz CT molecular complexity index is 1100. The maximum atomic E-state index is 13.0. The summed E-state index contributed by atoms with van der Waals surface area (Å²) in [5.41, 5.74) is 4.38. The summed E-state index contributed by atoms with van der Waals surface area (Å²) in [5, 5.41) is 7.08. The van der Waals surface area contributed by atoms with Crippen molar-refractivity contribution in [1.82, 2.24) is 15.2 Å². The van der Waals surface area contributed by atoms with Gasteiger partial charge in [-0.05, 0) is 108 Å². The van der Waals surface area contributed by atoms with E-state index in [0.717, 1.165) is 28.6 Å². The monoisotopic (exact) mass is 484 g/mol. The number of carbonyl (C=O) groups excluding carboxylic acids is 1. The van der Waals surface area contributed by atoms with Crippen molar-refractivity contribution in [3.8, 4) is 0 Å². The number of hydrogen-bond donors (Lipinski definition) is 3. The summed E-state index contributed by atoms with van der Waals surface area (Å²) in [6.07, 6.45) is 6.36. The van der Waals surface area contributed by atoms with Crippen molar-refractivity contribution < 1.29 is 4.79 Å². The van der Waals surface area contributed by atoms with Crippen LogP contribution in [0.25, 0.3) is 0 Å². The number of aromatic amines is 1. The van der Waals surface area contributed by atoms with Crippen LogP contribution in [0.1, 0.15) is 71.8 Å². The number of nitrogens with one attached hydrogen (secondary N) is 3. The zero-order valence-corrected chi connectivity index (χ0v) is 21.5. The molecular formula is C27H37ClN4O2. The number of carbonyl (C=O) groups is 1. The lowest BCUT2D eigenvalue weighted by Gasteiger charge is -2.43. The second kappa shape index (κ2) is 10.5. The molecule has 0 radical (unpaired) electrons. The molecule has 0 bridgehead atoms. The van der Waals surface area contributed by atoms with Crippen LogP contribution in [0.2, 0.25) is 5.02 Å². The van der Waals surface area contributed by atoms with Crippen molar-refractivity contribution in [3.05, 3.63) is 61.5 Å². The number of benzene rings is 1. The van der Waals surface area contributed by atoms with Crippen LogP contribution in [0, 0.1) is 26.7 Å². The molecule has 0 spiro atoms. The molecule has 1 aromatic carbocycles. The van der Waals surface area contributed by atoms with Gasteiger partial charge in [0.2, 0.25) is 0 Å². The fraction of sp³-hybridized carbons (Fsp3) is 0.556. The molecule has 2 heterocycles. The van der Waals surface area contributed by atoms with Crippen molar-refractivity contribution in [3.63, 3.8) is 0 Å². The summed E-state index contributed by atoms with van der Waals surface area (Å²) in [7, 11) is 0. The van der Waals surface area contributed by atoms with E-state index in [9.17, 15) is 9.59 Å². The van der Waals surface area contributed by atoms with Crippen LogP contribution in [0.5, 0.6) is 0 Å². The lowest BCUT2D eigenvalue weighted by molar-refractivity contribution is 0.0769. The topological polar surface area (TPSA) is 77.2 Å². The number of nitrogens with zero attached hydrogens (tertiary/aromatic N) is 1. The summed E-state index contributed by atoms with van der Waals surface area (Å²) < 4.78 is 0. The first-order chi connectivity index (χ1) is 16.2. The summed E-state index contributed by atoms with van der Waals surface area (Å²) in [4.78, 5) is 30.8. The molecule has 6 nitrogen and oxygen atoms in total. The van der Waals surface area contributed by atoms with Gasteiger partial charge < -0.3 is 20.5 Å². The molecule has 7 heteroatoms. The van der Waals surface area contributed by atoms with Crippen molar-refractivity contribution in [2.45, 2.75) is 78.4 Å². The minimum Gasteiger partial charge on any atom is -0.382 e. The molecule has 2 fully saturated rings. The van der Waals surface area contributed by atoms with Crippen LogP contribution in [-0.2, 0) is 6.54 Å². The molecule has 184 valence electrons. The average molecular weight is 485 g/mol. The Morgan fingerprint density at radius 3 is 2.47 bits per heavy atom. The minimum atomic E-state index is -0.231. The Morgan fingerprint density at radius 1 is 1.15 bits per heavy atom. The van der Waals surface area contributed by atoms with Crippen LogP contribution in [-0.4, -0.2) is 41.0 Å². The Kier molecular flexibility index (Phi) is 7.68. The second-order valence-electron chi connectivity index (χ2n) is 10.1. The smallest absolute Gasteiger partial charge is 0.253 e. The standard InChI is InChI=1S/C27H37ClN4O2/c1-16-12-17(2)30-27(34)24(16)15-29-26(33)23-13-21(28)14-25(18(23)3)31-19(4)20-6-8-22(9-7-20)32-10-5-11-32/h12-14,19-20,22,31H,5-11,15H2,1-4H3,(H,29,33)(H,30,34)/t19?,20-,22-. The van der Waals surface area contributed by atoms with Crippen LogP contribution < -0.4 is 16.2 Å². The number of hydrogen-bond acceptors (Lipinski definition) is 4. The van der Waals surface area contributed by atoms with Crippen LogP contribution in [0.3, 0.4) is 0 Å². The van der Waals surface area contributed by atoms with Gasteiger partial charge in [0.15, 0.2) is 0 Å². The molecule has 2 aliphatic rings. The van der Waals surface area contributed by atoms with Gasteiger partial charge in [-0.1, -0.05) is 11.6 Å². The second-order valence-corrected chi connectivity index (χ2v) is 10.6. The highest BCUT2D eigenvalue weighted by atomic mass is 35.5. The Morgan fingerprint density at radius 2 is 1.85 bits per heavy atom. The van der Waals surface area contributed by atoms with E-state index < -0.39 is 0 Å². The predicted molar refractivity (Wildman–Crippen MR) is 139 cm³/mol. The number of pyridine rings is 1. The van der Waals surface area contributed by atoms with E-state index in [1.165, 1.54) is 45.2 Å². The maximum absolute atomic E-state index is 13.0. The van der Waals surface area contributed by atoms with Crippen molar-refractivity contribution in [2.24, 2.45) is 5.92 Å². The largest absolute Gasteiger partial charge is 0.382 e. The molecule has 3 N–H and O–H groups in total. The zero-order chi connectivity index (χ0) is 24.4. The van der Waals surface area contributed by atoms with Crippen LogP contribution in [0.4, 0.5) is 5.69 Å². The number of H-pyrrole nitrogens is 1. The van der Waals surface area contributed by atoms with E-state index in [-0.39, 0.29) is 18.0 Å². The molecular weight excluding hydrogens is 448 g/mol. The first-order valence-corrected chi connectivity index (χ1v) is 12.9. The van der Waals surface area contributed by atoms with E-state index in [1.54, 1.807) is 6.07 Å². The highest BCUT2D eigenvalue weighted by Crippen LogP contribution is 2.34. The molecule has 1 aliphatic carbocycles. The molecule has 4 rings (SSSR count). The molecule has 2 aromatic rings. The van der Waals surface area contributed by atoms with Gasteiger partial charge in [0.1, 0.15) is 0 Å². The molecule has 1 aliphatic heterocycles. The number of aryl methyl sites for hydroxylation is 2. The molecule has 1 saturated carbocycles. The fourth-order valence-corrected chi connectivity index (χ4v) is 5.68. The normalized spacial score (nSPS) is 21.6. The van der Waals surface area contributed by atoms with E-state index in [4.69, 9.17) is 11.6 Å². The predicted octanol–water partition coefficient (Wildman–Crippen LogP) is 4.95. The summed E-state index contributed by atoms with van der Waals surface area (Å²) in [5.74, 6) is 0.384. The highest BCUT2D eigenvalue weighted by molar-refractivity contribution is 6.31. The maximum Gasteiger partial charge on any atom is 0.253 e. The Labute approximate surface area is 207 Å². The third kappa shape index (κ3) is 5.49. The number of halogens is 1. The van der Waals surface area contributed by atoms with Gasteiger partial charge in [-0.2, -0.15) is 0 Å². The van der Waals surface area contributed by atoms with E-state index in [0.29, 0.717) is 28.1 Å². The summed E-state index contributed by atoms with van der Waals surface area (Å²) in [6, 6.07) is 6.59. The van der Waals surface area contributed by atoms with Crippen LogP contribution >= 0.6 is 11.6 Å². The van der Waals surface area contributed by atoms with Crippen LogP contribution in [0.15, 0.2) is 23.0 Å². The fourth-order valence-electron chi connectivity index (χ4n) is 5.47. The Hall–Kier alpha value is -2.31. The third-order valence-electron chi connectivity index (χ3n) is 7.78. The number of anilines is 1. The molecule has 1 atom stereocenters. The first-order valence-electron chi connectivity index (χ1n) is 12.5. The van der Waals surface area contributed by atoms with Crippen molar-refractivity contribution >= 4 is 23.2 Å². The van der Waals surface area contributed by atoms with Gasteiger partial charge in [0.25, 0.3) is 11.5 Å². The molecule has 34 heavy (non-hydrogen) atoms. The highest BCUT2D eigenvalue weighted by Gasteiger charge is 2.31. The van der Waals surface area contributed by atoms with Gasteiger partial charge >= 0.3 is 0 Å². The molecule has 1 saturated heterocycles. The van der Waals surface area contributed by atoms with Crippen molar-refractivity contribution in [1.29, 1.82) is 0 Å². The van der Waals surface area contributed by atoms with Gasteiger partial charge in [0, 0.05) is 46.2 Å². The SMILES string of the molecule is Cc1cc(C)c(CNC(=O)c2cc(Cl)cc(NC(C)[C@H]3CC[C@H](N4CCC4)CC3)c2C)c(=O)[nH]1. The van der Waals surface area contributed by atoms with E-state index in [2.05, 4.69) is 27.4 Å². The number of likely N-dealkylation sites (tertiary alicyclic amines) is 1. The molecule has 1 aromatic heterocycles. The first kappa shape index (κ1) is 24.8. The quantitative estimate of drug-likeness (QED) is 0.519. The zero-order valence-electron chi connectivity index (χ0n) is 20.8. The Balaban J connectivity index is 1.41. The van der Waals surface area contributed by atoms with Gasteiger partial charge in [0.05, 0.1) is 0 Å². The summed E-state index contributed by atoms with van der Waals surface area (Å²) in [6.45, 7) is 10.6. The number of rotatable bonds is 7. The lowest BCUT2D eigenvalue weighted by Crippen LogP contribution is -2.47. The summed E-state index contributed by atoms with van der Waals surface area (Å²) >= 11 is 6.42. The van der Waals surface area contributed by atoms with Gasteiger partial charge in [-0.3, -0.25) is 9.59 Å². The minimum absolute atomic E-state index is 0.166.